The van der Waals surface area contributed by atoms with Crippen molar-refractivity contribution in [2.24, 2.45) is 5.73 Å². The van der Waals surface area contributed by atoms with E-state index in [0.29, 0.717) is 18.0 Å². The summed E-state index contributed by atoms with van der Waals surface area (Å²) in [5.74, 6) is 6.13. The molecule has 1 aliphatic rings. The number of anilines is 1. The van der Waals surface area contributed by atoms with Crippen molar-refractivity contribution in [3.8, 4) is 11.8 Å². The zero-order valence-corrected chi connectivity index (χ0v) is 33.4. The molecule has 0 radical (unpaired) electrons. The largest absolute Gasteiger partial charge is 0.490 e. The molecule has 284 valence electrons. The molecule has 9 N–H and O–H groups in total. The van der Waals surface area contributed by atoms with Gasteiger partial charge in [-0.3, -0.25) is 14.3 Å². The Morgan fingerprint density at radius 2 is 1.76 bits per heavy atom. The number of phosphoric ester groups is 1. The van der Waals surface area contributed by atoms with Crippen LogP contribution in [0.25, 0.3) is 11.0 Å². The molecule has 3 rings (SSSR count). The second-order valence-electron chi connectivity index (χ2n) is 11.9. The van der Waals surface area contributed by atoms with E-state index in [0.717, 1.165) is 0 Å². The maximum absolute atomic E-state index is 13.0. The molecule has 3 heterocycles. The Labute approximate surface area is 303 Å². The third kappa shape index (κ3) is 14.7. The highest BCUT2D eigenvalue weighted by Crippen LogP contribution is 2.66. The summed E-state index contributed by atoms with van der Waals surface area (Å²) in [5, 5.41) is 0.122. The number of aromatic amines is 1. The van der Waals surface area contributed by atoms with Crippen LogP contribution in [0.2, 0.25) is 0 Å². The van der Waals surface area contributed by atoms with Crippen LogP contribution in [0.1, 0.15) is 52.8 Å². The standard InChI is InChI=1S/C24H40N5O14P3S4/c1-23(2,3)49-48-14-39-16-9-18(41-17(16)11-40-45(34,35)43-46(36,37)42-44(31,32)33)29-10-15(19-20(29)27-22(26)28-21(19)30)7-6-8-38-13-47-50-24(4,5)12-25/h10,16-18H,8-9,11-14,25H2,1-5H3,(H,34,35)(H,36,37)(H2,31,32,33)(H3,26,27,28,30)/t16?,17-,18-/m1/s1. The van der Waals surface area contributed by atoms with Crippen LogP contribution in [0.3, 0.4) is 0 Å². The third-order valence-electron chi connectivity index (χ3n) is 5.95. The van der Waals surface area contributed by atoms with Crippen LogP contribution in [-0.4, -0.2) is 87.4 Å². The summed E-state index contributed by atoms with van der Waals surface area (Å²) in [6.07, 6.45) is -1.18. The van der Waals surface area contributed by atoms with E-state index in [9.17, 15) is 28.3 Å². The minimum absolute atomic E-state index is 0.0619. The van der Waals surface area contributed by atoms with Gasteiger partial charge in [0, 0.05) is 28.7 Å². The number of phosphoric acid groups is 3. The van der Waals surface area contributed by atoms with Gasteiger partial charge in [-0.2, -0.15) is 13.6 Å². The first-order valence-corrected chi connectivity index (χ1v) is 23.5. The summed E-state index contributed by atoms with van der Waals surface area (Å²) in [4.78, 5) is 56.8. The second kappa shape index (κ2) is 18.2. The van der Waals surface area contributed by atoms with Crippen LogP contribution < -0.4 is 17.0 Å². The first-order chi connectivity index (χ1) is 23.0. The molecule has 0 amide bonds. The van der Waals surface area contributed by atoms with Crippen molar-refractivity contribution in [3.05, 3.63) is 22.1 Å². The fraction of sp³-hybridized carbons (Fsp3) is 0.667. The molecule has 2 aromatic heterocycles. The van der Waals surface area contributed by atoms with Crippen molar-refractivity contribution in [2.75, 3.05) is 37.4 Å². The van der Waals surface area contributed by atoms with E-state index in [1.807, 2.05) is 34.6 Å². The Hall–Kier alpha value is -0.570. The summed E-state index contributed by atoms with van der Waals surface area (Å²) in [6.45, 7) is 9.89. The average molecular weight is 844 g/mol. The maximum atomic E-state index is 13.0. The Morgan fingerprint density at radius 1 is 1.08 bits per heavy atom. The van der Waals surface area contributed by atoms with Gasteiger partial charge < -0.3 is 49.8 Å². The molecule has 0 aromatic carbocycles. The van der Waals surface area contributed by atoms with E-state index in [1.54, 1.807) is 21.6 Å². The molecule has 3 unspecified atom stereocenters. The molecular weight excluding hydrogens is 803 g/mol. The molecular formula is C24H40N5O14P3S4. The Kier molecular flexibility index (Phi) is 15.9. The second-order valence-corrected chi connectivity index (χ2v) is 22.4. The zero-order valence-electron chi connectivity index (χ0n) is 27.4. The van der Waals surface area contributed by atoms with E-state index in [-0.39, 0.29) is 45.4 Å². The SMILES string of the molecule is CC(C)(C)SSCOC1C[C@H](n2cc(C#CCOCSSC(C)(C)CN)c3c(=O)[nH]c(N)nc32)O[C@@H]1COP(=O)(O)OP(=O)(O)OP(=O)(O)O. The molecule has 50 heavy (non-hydrogen) atoms. The van der Waals surface area contributed by atoms with E-state index < -0.39 is 54.1 Å². The number of hydrogen-bond donors (Lipinski definition) is 7. The minimum atomic E-state index is -5.73. The Morgan fingerprint density at radius 3 is 2.40 bits per heavy atom. The molecule has 1 aliphatic heterocycles. The number of nitrogen functional groups attached to an aromatic ring is 1. The predicted octanol–water partition coefficient (Wildman–Crippen LogP) is 3.90. The lowest BCUT2D eigenvalue weighted by Gasteiger charge is -2.22. The van der Waals surface area contributed by atoms with E-state index in [2.05, 4.69) is 30.4 Å². The van der Waals surface area contributed by atoms with Crippen LogP contribution >= 0.6 is 66.6 Å². The highest BCUT2D eigenvalue weighted by molar-refractivity contribution is 8.77. The van der Waals surface area contributed by atoms with Crippen LogP contribution in [0.15, 0.2) is 11.0 Å². The van der Waals surface area contributed by atoms with Gasteiger partial charge in [0.05, 0.1) is 23.7 Å². The van der Waals surface area contributed by atoms with E-state index in [4.69, 9.17) is 40.0 Å². The average Bonchev–Trinajstić information content (AvgIpc) is 3.52. The number of ether oxygens (including phenoxy) is 3. The summed E-state index contributed by atoms with van der Waals surface area (Å²) in [5.41, 5.74) is 11.4. The van der Waals surface area contributed by atoms with Gasteiger partial charge >= 0.3 is 23.5 Å². The van der Waals surface area contributed by atoms with Gasteiger partial charge in [-0.25, -0.2) is 13.7 Å². The number of fused-ring (bicyclic) bond motifs is 1. The van der Waals surface area contributed by atoms with Crippen molar-refractivity contribution < 1.29 is 60.6 Å². The first-order valence-electron chi connectivity index (χ1n) is 14.3. The molecule has 1 fully saturated rings. The topological polar surface area (TPSA) is 290 Å². The highest BCUT2D eigenvalue weighted by atomic mass is 33.1. The van der Waals surface area contributed by atoms with E-state index >= 15 is 0 Å². The van der Waals surface area contributed by atoms with Crippen molar-refractivity contribution in [2.45, 2.75) is 69.0 Å². The maximum Gasteiger partial charge on any atom is 0.490 e. The molecule has 0 aliphatic carbocycles. The van der Waals surface area contributed by atoms with Crippen LogP contribution in [0.4, 0.5) is 5.95 Å². The number of nitrogens with zero attached hydrogens (tertiary/aromatic N) is 2. The summed E-state index contributed by atoms with van der Waals surface area (Å²) < 4.78 is 66.6. The fourth-order valence-corrected chi connectivity index (χ4v) is 11.1. The van der Waals surface area contributed by atoms with Gasteiger partial charge in [-0.1, -0.05) is 75.8 Å². The van der Waals surface area contributed by atoms with Crippen LogP contribution in [0, 0.1) is 11.8 Å². The Bertz CT molecular complexity index is 1740. The molecule has 0 bridgehead atoms. The number of aromatic nitrogens is 3. The fourth-order valence-electron chi connectivity index (χ4n) is 3.95. The van der Waals surface area contributed by atoms with Gasteiger partial charge in [0.25, 0.3) is 5.56 Å². The smallest absolute Gasteiger partial charge is 0.369 e. The molecule has 19 nitrogen and oxygen atoms in total. The van der Waals surface area contributed by atoms with Gasteiger partial charge in [-0.15, -0.1) is 0 Å². The third-order valence-corrected chi connectivity index (χ3v) is 15.7. The van der Waals surface area contributed by atoms with Crippen molar-refractivity contribution in [1.29, 1.82) is 0 Å². The Balaban J connectivity index is 1.82. The van der Waals surface area contributed by atoms with Crippen LogP contribution in [0.5, 0.6) is 0 Å². The molecule has 0 saturated carbocycles. The highest BCUT2D eigenvalue weighted by Gasteiger charge is 2.44. The zero-order chi connectivity index (χ0) is 37.5. The summed E-state index contributed by atoms with van der Waals surface area (Å²) in [6, 6.07) is 0. The number of rotatable bonds is 18. The number of H-pyrrole nitrogens is 1. The molecule has 26 heteroatoms. The lowest BCUT2D eigenvalue weighted by atomic mass is 10.2. The van der Waals surface area contributed by atoms with Crippen molar-refractivity contribution in [1.82, 2.24) is 14.5 Å². The molecule has 1 saturated heterocycles. The molecule has 2 aromatic rings. The first kappa shape index (κ1) is 43.8. The van der Waals surface area contributed by atoms with Crippen molar-refractivity contribution >= 4 is 83.6 Å². The lowest BCUT2D eigenvalue weighted by Crippen LogP contribution is -2.29. The van der Waals surface area contributed by atoms with E-state index in [1.165, 1.54) is 32.4 Å². The number of nitrogens with one attached hydrogen (secondary N) is 1. The monoisotopic (exact) mass is 843 g/mol. The predicted molar refractivity (Wildman–Crippen MR) is 194 cm³/mol. The van der Waals surface area contributed by atoms with Crippen molar-refractivity contribution in [3.63, 3.8) is 0 Å². The van der Waals surface area contributed by atoms with Gasteiger partial charge in [0.2, 0.25) is 5.95 Å². The minimum Gasteiger partial charge on any atom is -0.369 e. The number of nitrogens with two attached hydrogens (primary N) is 2. The van der Waals surface area contributed by atoms with Gasteiger partial charge in [-0.05, 0) is 13.8 Å². The lowest BCUT2D eigenvalue weighted by molar-refractivity contribution is -0.0520. The summed E-state index contributed by atoms with van der Waals surface area (Å²) >= 11 is 0. The normalized spacial score (nSPS) is 21.1. The molecule has 0 spiro atoms. The number of hydrogen-bond acceptors (Lipinski definition) is 17. The molecule has 5 atom stereocenters. The quantitative estimate of drug-likeness (QED) is 0.0368. The summed E-state index contributed by atoms with van der Waals surface area (Å²) in [7, 11) is -10.7. The van der Waals surface area contributed by atoms with Gasteiger partial charge in [0.15, 0.2) is 5.65 Å². The van der Waals surface area contributed by atoms with Crippen LogP contribution in [-0.2, 0) is 41.1 Å². The van der Waals surface area contributed by atoms with Gasteiger partial charge in [0.1, 0.15) is 30.8 Å².